The van der Waals surface area contributed by atoms with E-state index < -0.39 is 0 Å². The number of hydrogen-bond acceptors (Lipinski definition) is 4. The first-order valence-corrected chi connectivity index (χ1v) is 11.0. The highest BCUT2D eigenvalue weighted by Crippen LogP contribution is 2.44. The average Bonchev–Trinajstić information content (AvgIpc) is 3.09. The van der Waals surface area contributed by atoms with Crippen molar-refractivity contribution in [1.82, 2.24) is 9.47 Å². The molecule has 0 saturated carbocycles. The lowest BCUT2D eigenvalue weighted by atomic mass is 9.88. The molecule has 0 atom stereocenters. The molecule has 0 bridgehead atoms. The van der Waals surface area contributed by atoms with Gasteiger partial charge in [0.25, 0.3) is 0 Å². The number of esters is 1. The summed E-state index contributed by atoms with van der Waals surface area (Å²) in [6, 6.07) is 10.7. The predicted octanol–water partition coefficient (Wildman–Crippen LogP) is 3.86. The minimum Gasteiger partial charge on any atom is -0.469 e. The molecule has 6 nitrogen and oxygen atoms in total. The van der Waals surface area contributed by atoms with E-state index in [1.165, 1.54) is 18.4 Å². The minimum atomic E-state index is -0.268. The van der Waals surface area contributed by atoms with E-state index in [0.29, 0.717) is 6.54 Å². The van der Waals surface area contributed by atoms with Gasteiger partial charge >= 0.3 is 5.97 Å². The Labute approximate surface area is 189 Å². The Morgan fingerprint density at radius 2 is 1.75 bits per heavy atom. The molecule has 6 heteroatoms. The molecule has 0 aliphatic carbocycles. The number of carbonyl (C=O) groups is 2. The summed E-state index contributed by atoms with van der Waals surface area (Å²) in [4.78, 5) is 28.8. The van der Waals surface area contributed by atoms with E-state index in [4.69, 9.17) is 4.74 Å². The van der Waals surface area contributed by atoms with Gasteiger partial charge in [-0.3, -0.25) is 9.59 Å². The van der Waals surface area contributed by atoms with Crippen LogP contribution in [0.1, 0.15) is 22.4 Å². The maximum Gasteiger partial charge on any atom is 0.310 e. The second-order valence-electron chi connectivity index (χ2n) is 8.86. The molecule has 0 unspecified atom stereocenters. The molecule has 1 aliphatic rings. The molecule has 4 rings (SSSR count). The Balaban J connectivity index is 2.03. The molecule has 3 aromatic rings. The van der Waals surface area contributed by atoms with Crippen molar-refractivity contribution in [3.8, 4) is 11.1 Å². The van der Waals surface area contributed by atoms with Crippen LogP contribution in [0, 0.1) is 20.8 Å². The number of carbonyl (C=O) groups excluding carboxylic acids is 2. The number of amides is 1. The third-order valence-electron chi connectivity index (χ3n) is 6.53. The van der Waals surface area contributed by atoms with Crippen LogP contribution >= 0.6 is 0 Å². The van der Waals surface area contributed by atoms with Crippen molar-refractivity contribution in [2.24, 2.45) is 0 Å². The lowest BCUT2D eigenvalue weighted by Gasteiger charge is -2.34. The largest absolute Gasteiger partial charge is 0.469 e. The fraction of sp³-hybridized carbons (Fsp3) is 0.385. The van der Waals surface area contributed by atoms with E-state index in [2.05, 4.69) is 60.6 Å². The van der Waals surface area contributed by atoms with Crippen molar-refractivity contribution >= 4 is 28.5 Å². The molecule has 0 spiro atoms. The fourth-order valence-electron chi connectivity index (χ4n) is 4.75. The number of rotatable bonds is 5. The van der Waals surface area contributed by atoms with Crippen molar-refractivity contribution < 1.29 is 14.3 Å². The molecule has 0 N–H and O–H groups in total. The van der Waals surface area contributed by atoms with Crippen molar-refractivity contribution in [3.05, 3.63) is 52.7 Å². The van der Waals surface area contributed by atoms with Gasteiger partial charge in [0.1, 0.15) is 0 Å². The van der Waals surface area contributed by atoms with Crippen LogP contribution in [0.3, 0.4) is 0 Å². The van der Waals surface area contributed by atoms with E-state index >= 15 is 0 Å². The standard InChI is InChI=1S/C26H31N3O3/c1-16-7-9-19(10-8-16)24-20(14-23(31)32-6)18(3)25-26-21(24)13-17(2)29(26)12-11-28(25)15-22(30)27(4)5/h7-10,13H,11-12,14-15H2,1-6H3. The fourth-order valence-corrected chi connectivity index (χ4v) is 4.75. The van der Waals surface area contributed by atoms with Gasteiger partial charge in [0.2, 0.25) is 5.91 Å². The van der Waals surface area contributed by atoms with Crippen LogP contribution in [0.5, 0.6) is 0 Å². The van der Waals surface area contributed by atoms with Gasteiger partial charge < -0.3 is 19.1 Å². The van der Waals surface area contributed by atoms with Crippen molar-refractivity contribution in [2.75, 3.05) is 39.2 Å². The molecule has 1 aromatic heterocycles. The number of benzene rings is 2. The summed E-state index contributed by atoms with van der Waals surface area (Å²) in [6.45, 7) is 8.15. The molecule has 0 radical (unpaired) electrons. The lowest BCUT2D eigenvalue weighted by Crippen LogP contribution is -2.41. The van der Waals surface area contributed by atoms with Crippen LogP contribution in [0.15, 0.2) is 30.3 Å². The molecule has 32 heavy (non-hydrogen) atoms. The zero-order chi connectivity index (χ0) is 23.2. The average molecular weight is 434 g/mol. The number of aryl methyl sites for hydroxylation is 2. The highest BCUT2D eigenvalue weighted by Gasteiger charge is 2.30. The number of ether oxygens (including phenoxy) is 1. The smallest absolute Gasteiger partial charge is 0.310 e. The third kappa shape index (κ3) is 3.64. The molecule has 1 amide bonds. The van der Waals surface area contributed by atoms with E-state index in [1.807, 2.05) is 0 Å². The van der Waals surface area contributed by atoms with E-state index in [1.54, 1.807) is 19.0 Å². The van der Waals surface area contributed by atoms with Crippen LogP contribution in [-0.2, 0) is 27.3 Å². The van der Waals surface area contributed by atoms with Crippen molar-refractivity contribution in [2.45, 2.75) is 33.7 Å². The normalized spacial score (nSPS) is 12.9. The van der Waals surface area contributed by atoms with Crippen LogP contribution in [0.25, 0.3) is 22.0 Å². The number of methoxy groups -OCH3 is 1. The molecular weight excluding hydrogens is 402 g/mol. The van der Waals surface area contributed by atoms with Crippen LogP contribution in [0.4, 0.5) is 5.69 Å². The highest BCUT2D eigenvalue weighted by molar-refractivity contribution is 6.07. The zero-order valence-electron chi connectivity index (χ0n) is 19.8. The Morgan fingerprint density at radius 3 is 2.38 bits per heavy atom. The summed E-state index contributed by atoms with van der Waals surface area (Å²) in [6.07, 6.45) is 0.189. The molecular formula is C26H31N3O3. The van der Waals surface area contributed by atoms with Gasteiger partial charge in [0, 0.05) is 38.3 Å². The quantitative estimate of drug-likeness (QED) is 0.574. The molecule has 0 saturated heterocycles. The summed E-state index contributed by atoms with van der Waals surface area (Å²) in [5.74, 6) is -0.206. The Hall–Kier alpha value is -3.28. The lowest BCUT2D eigenvalue weighted by molar-refractivity contribution is -0.139. The zero-order valence-corrected chi connectivity index (χ0v) is 19.8. The van der Waals surface area contributed by atoms with Crippen molar-refractivity contribution in [1.29, 1.82) is 0 Å². The van der Waals surface area contributed by atoms with E-state index in [-0.39, 0.29) is 18.3 Å². The SMILES string of the molecule is COC(=O)Cc1c(C)c2c3c(cc(C)n3CCN2CC(=O)N(C)C)c1-c1ccc(C)cc1. The number of hydrogen-bond donors (Lipinski definition) is 0. The summed E-state index contributed by atoms with van der Waals surface area (Å²) in [7, 11) is 4.99. The maximum absolute atomic E-state index is 12.6. The maximum atomic E-state index is 12.6. The molecule has 2 aromatic carbocycles. The van der Waals surface area contributed by atoms with E-state index in [0.717, 1.165) is 51.9 Å². The Bertz CT molecular complexity index is 1210. The highest BCUT2D eigenvalue weighted by atomic mass is 16.5. The Kier molecular flexibility index (Phi) is 5.71. The first-order valence-electron chi connectivity index (χ1n) is 11.0. The Morgan fingerprint density at radius 1 is 1.06 bits per heavy atom. The summed E-state index contributed by atoms with van der Waals surface area (Å²) in [5.41, 5.74) is 8.72. The van der Waals surface area contributed by atoms with Crippen LogP contribution < -0.4 is 4.90 Å². The monoisotopic (exact) mass is 433 g/mol. The molecule has 0 fully saturated rings. The molecule has 2 heterocycles. The third-order valence-corrected chi connectivity index (χ3v) is 6.53. The summed E-state index contributed by atoms with van der Waals surface area (Å²) < 4.78 is 7.39. The minimum absolute atomic E-state index is 0.0615. The topological polar surface area (TPSA) is 54.8 Å². The summed E-state index contributed by atoms with van der Waals surface area (Å²) in [5, 5.41) is 1.12. The summed E-state index contributed by atoms with van der Waals surface area (Å²) >= 11 is 0. The number of aromatic nitrogens is 1. The first kappa shape index (κ1) is 21.9. The molecule has 1 aliphatic heterocycles. The second-order valence-corrected chi connectivity index (χ2v) is 8.86. The van der Waals surface area contributed by atoms with Gasteiger partial charge in [-0.05, 0) is 49.1 Å². The number of likely N-dealkylation sites (N-methyl/N-ethyl adjacent to an activating group) is 1. The van der Waals surface area contributed by atoms with Crippen LogP contribution in [-0.4, -0.2) is 55.6 Å². The van der Waals surface area contributed by atoms with Gasteiger partial charge in [-0.25, -0.2) is 0 Å². The van der Waals surface area contributed by atoms with Gasteiger partial charge in [0.05, 0.1) is 31.3 Å². The van der Waals surface area contributed by atoms with Gasteiger partial charge in [-0.2, -0.15) is 0 Å². The van der Waals surface area contributed by atoms with Gasteiger partial charge in [-0.15, -0.1) is 0 Å². The molecule has 168 valence electrons. The van der Waals surface area contributed by atoms with E-state index in [9.17, 15) is 9.59 Å². The predicted molar refractivity (Wildman–Crippen MR) is 128 cm³/mol. The van der Waals surface area contributed by atoms with Crippen molar-refractivity contribution in [3.63, 3.8) is 0 Å². The number of anilines is 1. The number of nitrogens with zero attached hydrogens (tertiary/aromatic N) is 3. The second kappa shape index (κ2) is 8.34. The van der Waals surface area contributed by atoms with Crippen LogP contribution in [0.2, 0.25) is 0 Å². The van der Waals surface area contributed by atoms with Gasteiger partial charge in [0.15, 0.2) is 0 Å². The van der Waals surface area contributed by atoms with Gasteiger partial charge in [-0.1, -0.05) is 29.8 Å². The first-order chi connectivity index (χ1) is 15.2.